The number of carbonyl (C=O) groups is 1. The van der Waals surface area contributed by atoms with Crippen molar-refractivity contribution in [2.24, 2.45) is 5.92 Å². The van der Waals surface area contributed by atoms with Crippen molar-refractivity contribution in [3.63, 3.8) is 0 Å². The van der Waals surface area contributed by atoms with Crippen molar-refractivity contribution in [3.8, 4) is 22.1 Å². The zero-order chi connectivity index (χ0) is 22.9. The van der Waals surface area contributed by atoms with Crippen LogP contribution in [0.4, 0.5) is 0 Å². The van der Waals surface area contributed by atoms with Gasteiger partial charge < -0.3 is 19.1 Å². The molecule has 1 saturated carbocycles. The van der Waals surface area contributed by atoms with Gasteiger partial charge in [0, 0.05) is 30.5 Å². The summed E-state index contributed by atoms with van der Waals surface area (Å²) in [7, 11) is 0. The van der Waals surface area contributed by atoms with Gasteiger partial charge in [0.05, 0.1) is 30.0 Å². The van der Waals surface area contributed by atoms with Gasteiger partial charge in [0.1, 0.15) is 17.7 Å². The van der Waals surface area contributed by atoms with Crippen LogP contribution in [-0.4, -0.2) is 48.3 Å². The maximum Gasteiger partial charge on any atom is 0.223 e. The molecule has 1 saturated heterocycles. The highest BCUT2D eigenvalue weighted by Crippen LogP contribution is 2.41. The van der Waals surface area contributed by atoms with Crippen LogP contribution in [0.1, 0.15) is 44.1 Å². The number of nitrogens with zero attached hydrogens (tertiary/aromatic N) is 2. The number of benzene rings is 2. The quantitative estimate of drug-likeness (QED) is 0.489. The van der Waals surface area contributed by atoms with E-state index in [4.69, 9.17) is 19.2 Å². The lowest BCUT2D eigenvalue weighted by molar-refractivity contribution is -0.132. The Kier molecular flexibility index (Phi) is 6.14. The van der Waals surface area contributed by atoms with Gasteiger partial charge in [0.2, 0.25) is 5.91 Å². The number of aromatic nitrogens is 1. The second-order valence-electron chi connectivity index (χ2n) is 9.57. The van der Waals surface area contributed by atoms with Gasteiger partial charge in [-0.3, -0.25) is 4.79 Å². The summed E-state index contributed by atoms with van der Waals surface area (Å²) in [5.74, 6) is 2.26. The largest absolute Gasteiger partial charge is 0.487 e. The van der Waals surface area contributed by atoms with E-state index >= 15 is 0 Å². The Balaban J connectivity index is 1.34. The van der Waals surface area contributed by atoms with Crippen molar-refractivity contribution in [1.29, 1.82) is 0 Å². The van der Waals surface area contributed by atoms with Crippen molar-refractivity contribution in [2.75, 3.05) is 26.4 Å². The van der Waals surface area contributed by atoms with Gasteiger partial charge in [-0.2, -0.15) is 0 Å². The third-order valence-electron chi connectivity index (χ3n) is 7.11. The van der Waals surface area contributed by atoms with E-state index < -0.39 is 0 Å². The number of hydrogen-bond donors (Lipinski definition) is 0. The fourth-order valence-corrected chi connectivity index (χ4v) is 6.23. The standard InChI is InChI=1S/C27H30N2O4S/c30-25(13-18-5-1-2-6-18)29-10-12-32-26-20(16-29)14-19(15-23(26)33-21-9-11-31-17-21)27-28-22-7-3-4-8-24(22)34-27/h3-4,7-8,14-15,18,21H,1-2,5-6,9-13,16-17H2/t21-/m1/s1. The molecule has 7 heteroatoms. The van der Waals surface area contributed by atoms with E-state index in [0.717, 1.165) is 44.3 Å². The zero-order valence-corrected chi connectivity index (χ0v) is 20.1. The van der Waals surface area contributed by atoms with Crippen LogP contribution >= 0.6 is 11.3 Å². The van der Waals surface area contributed by atoms with Gasteiger partial charge in [-0.25, -0.2) is 4.98 Å². The number of rotatable bonds is 5. The Labute approximate surface area is 203 Å². The molecule has 6 rings (SSSR count). The van der Waals surface area contributed by atoms with Gasteiger partial charge in [-0.05, 0) is 43.0 Å². The molecular formula is C27H30N2O4S. The molecule has 0 unspecified atom stereocenters. The summed E-state index contributed by atoms with van der Waals surface area (Å²) in [4.78, 5) is 20.0. The molecule has 2 aliphatic heterocycles. The number of fused-ring (bicyclic) bond motifs is 2. The normalized spacial score (nSPS) is 20.8. The molecule has 2 fully saturated rings. The first-order valence-electron chi connectivity index (χ1n) is 12.4. The van der Waals surface area contributed by atoms with Gasteiger partial charge in [0.25, 0.3) is 0 Å². The molecule has 6 nitrogen and oxygen atoms in total. The smallest absolute Gasteiger partial charge is 0.223 e. The number of hydrogen-bond acceptors (Lipinski definition) is 6. The lowest BCUT2D eigenvalue weighted by atomic mass is 10.0. The molecule has 178 valence electrons. The Morgan fingerprint density at radius 1 is 1.15 bits per heavy atom. The third kappa shape index (κ3) is 4.51. The summed E-state index contributed by atoms with van der Waals surface area (Å²) in [6.45, 7) is 2.92. The maximum absolute atomic E-state index is 13.2. The van der Waals surface area contributed by atoms with E-state index in [2.05, 4.69) is 12.1 Å². The average Bonchev–Trinajstić information content (AvgIpc) is 3.59. The van der Waals surface area contributed by atoms with Crippen LogP contribution in [0.2, 0.25) is 0 Å². The fourth-order valence-electron chi connectivity index (χ4n) is 5.28. The first-order chi connectivity index (χ1) is 16.7. The highest BCUT2D eigenvalue weighted by atomic mass is 32.1. The summed E-state index contributed by atoms with van der Waals surface area (Å²) in [5.41, 5.74) is 2.99. The minimum Gasteiger partial charge on any atom is -0.487 e. The number of ether oxygens (including phenoxy) is 3. The zero-order valence-electron chi connectivity index (χ0n) is 19.3. The Morgan fingerprint density at radius 3 is 2.85 bits per heavy atom. The predicted octanol–water partition coefficient (Wildman–Crippen LogP) is 5.43. The van der Waals surface area contributed by atoms with Crippen LogP contribution in [0, 0.1) is 5.92 Å². The highest BCUT2D eigenvalue weighted by molar-refractivity contribution is 7.21. The molecule has 0 radical (unpaired) electrons. The summed E-state index contributed by atoms with van der Waals surface area (Å²) < 4.78 is 19.3. The van der Waals surface area contributed by atoms with Crippen LogP contribution in [0.25, 0.3) is 20.8 Å². The second-order valence-corrected chi connectivity index (χ2v) is 10.6. The lowest BCUT2D eigenvalue weighted by Crippen LogP contribution is -2.33. The van der Waals surface area contributed by atoms with Crippen molar-refractivity contribution in [2.45, 2.75) is 51.2 Å². The van der Waals surface area contributed by atoms with Gasteiger partial charge in [-0.1, -0.05) is 25.0 Å². The number of amides is 1. The first-order valence-corrected chi connectivity index (χ1v) is 13.2. The van der Waals surface area contributed by atoms with E-state index in [-0.39, 0.29) is 12.0 Å². The Morgan fingerprint density at radius 2 is 2.03 bits per heavy atom. The molecule has 34 heavy (non-hydrogen) atoms. The first kappa shape index (κ1) is 21.9. The molecule has 1 atom stereocenters. The molecule has 0 bridgehead atoms. The summed E-state index contributed by atoms with van der Waals surface area (Å²) in [6, 6.07) is 12.4. The van der Waals surface area contributed by atoms with E-state index in [9.17, 15) is 4.79 Å². The SMILES string of the molecule is O=C(CC1CCCC1)N1CCOc2c(cc(-c3nc4ccccc4s3)cc2O[C@@H]2CCOC2)C1. The minimum absolute atomic E-state index is 0.0154. The van der Waals surface area contributed by atoms with E-state index in [1.807, 2.05) is 29.2 Å². The van der Waals surface area contributed by atoms with Gasteiger partial charge in [-0.15, -0.1) is 11.3 Å². The monoisotopic (exact) mass is 478 g/mol. The molecule has 2 aromatic carbocycles. The molecule has 3 heterocycles. The predicted molar refractivity (Wildman–Crippen MR) is 132 cm³/mol. The Hall–Kier alpha value is -2.64. The number of thiazole rings is 1. The summed E-state index contributed by atoms with van der Waals surface area (Å²) in [6.07, 6.45) is 6.39. The van der Waals surface area contributed by atoms with E-state index in [1.165, 1.54) is 25.7 Å². The van der Waals surface area contributed by atoms with Crippen LogP contribution < -0.4 is 9.47 Å². The molecule has 3 aliphatic rings. The van der Waals surface area contributed by atoms with Crippen LogP contribution in [-0.2, 0) is 16.1 Å². The number of carbonyl (C=O) groups excluding carboxylic acids is 1. The highest BCUT2D eigenvalue weighted by Gasteiger charge is 2.28. The fraction of sp³-hybridized carbons (Fsp3) is 0.481. The summed E-state index contributed by atoms with van der Waals surface area (Å²) in [5, 5.41) is 0.949. The van der Waals surface area contributed by atoms with Gasteiger partial charge in [0.15, 0.2) is 11.5 Å². The average molecular weight is 479 g/mol. The molecule has 1 amide bonds. The lowest BCUT2D eigenvalue weighted by Gasteiger charge is -2.22. The van der Waals surface area contributed by atoms with E-state index in [1.54, 1.807) is 11.3 Å². The van der Waals surface area contributed by atoms with Crippen LogP contribution in [0.5, 0.6) is 11.5 Å². The second kappa shape index (κ2) is 9.55. The molecule has 0 N–H and O–H groups in total. The molecular weight excluding hydrogens is 448 g/mol. The van der Waals surface area contributed by atoms with Crippen LogP contribution in [0.15, 0.2) is 36.4 Å². The minimum atomic E-state index is 0.0154. The molecule has 3 aromatic rings. The summed E-state index contributed by atoms with van der Waals surface area (Å²) >= 11 is 1.67. The van der Waals surface area contributed by atoms with Gasteiger partial charge >= 0.3 is 0 Å². The van der Waals surface area contributed by atoms with Crippen molar-refractivity contribution in [1.82, 2.24) is 9.88 Å². The van der Waals surface area contributed by atoms with E-state index in [0.29, 0.717) is 45.2 Å². The topological polar surface area (TPSA) is 60.9 Å². The Bertz CT molecular complexity index is 1150. The van der Waals surface area contributed by atoms with Crippen LogP contribution in [0.3, 0.4) is 0 Å². The number of para-hydroxylation sites is 1. The molecule has 0 spiro atoms. The third-order valence-corrected chi connectivity index (χ3v) is 8.20. The maximum atomic E-state index is 13.2. The van der Waals surface area contributed by atoms with Crippen molar-refractivity contribution in [3.05, 3.63) is 42.0 Å². The van der Waals surface area contributed by atoms with Crippen molar-refractivity contribution < 1.29 is 19.0 Å². The molecule has 1 aromatic heterocycles. The molecule has 1 aliphatic carbocycles. The van der Waals surface area contributed by atoms with Crippen molar-refractivity contribution >= 4 is 27.5 Å².